The lowest BCUT2D eigenvalue weighted by molar-refractivity contribution is -0.116. The second kappa shape index (κ2) is 9.01. The summed E-state index contributed by atoms with van der Waals surface area (Å²) in [5.41, 5.74) is 0.945. The number of nitriles is 1. The molecule has 2 aromatic carbocycles. The number of halogens is 1. The van der Waals surface area contributed by atoms with Gasteiger partial charge in [0.15, 0.2) is 5.82 Å². The van der Waals surface area contributed by atoms with E-state index in [2.05, 4.69) is 10.2 Å². The smallest absolute Gasteiger partial charge is 0.237 e. The van der Waals surface area contributed by atoms with E-state index in [1.807, 2.05) is 36.4 Å². The number of thioether (sulfide) groups is 1. The van der Waals surface area contributed by atoms with E-state index < -0.39 is 5.82 Å². The van der Waals surface area contributed by atoms with E-state index in [-0.39, 0.29) is 36.0 Å². The van der Waals surface area contributed by atoms with Crippen LogP contribution in [0.1, 0.15) is 6.42 Å². The lowest BCUT2D eigenvalue weighted by Gasteiger charge is -2.21. The molecule has 7 nitrogen and oxygen atoms in total. The van der Waals surface area contributed by atoms with Gasteiger partial charge in [-0.2, -0.15) is 5.26 Å². The predicted molar refractivity (Wildman–Crippen MR) is 105 cm³/mol. The standard InChI is InChI=1S/C19H17FN6OS/c20-16-10-5-4-9-15(16)18-23-24-19(26(18)22)28-13-17(27)25(12-6-11-21)14-7-2-1-3-8-14/h1-5,7-10H,6,12-13,22H2. The second-order valence-electron chi connectivity index (χ2n) is 5.73. The minimum absolute atomic E-state index is 0.0485. The molecular weight excluding hydrogens is 379 g/mol. The van der Waals surface area contributed by atoms with Gasteiger partial charge in [-0.3, -0.25) is 4.79 Å². The first kappa shape index (κ1) is 19.4. The van der Waals surface area contributed by atoms with Gasteiger partial charge >= 0.3 is 0 Å². The van der Waals surface area contributed by atoms with Gasteiger partial charge in [-0.15, -0.1) is 10.2 Å². The molecule has 0 aliphatic carbocycles. The third kappa shape index (κ3) is 4.29. The van der Waals surface area contributed by atoms with Crippen LogP contribution < -0.4 is 10.7 Å². The van der Waals surface area contributed by atoms with Crippen molar-refractivity contribution in [2.75, 3.05) is 23.0 Å². The molecule has 142 valence electrons. The molecule has 1 amide bonds. The van der Waals surface area contributed by atoms with Crippen molar-refractivity contribution in [3.8, 4) is 17.5 Å². The molecule has 0 aliphatic heterocycles. The third-order valence-electron chi connectivity index (χ3n) is 3.92. The topological polar surface area (TPSA) is 101 Å². The van der Waals surface area contributed by atoms with Crippen molar-refractivity contribution in [1.82, 2.24) is 14.9 Å². The van der Waals surface area contributed by atoms with Crippen LogP contribution in [0.15, 0.2) is 59.8 Å². The Morgan fingerprint density at radius 1 is 1.18 bits per heavy atom. The molecule has 0 spiro atoms. The van der Waals surface area contributed by atoms with Crippen LogP contribution in [0.2, 0.25) is 0 Å². The minimum Gasteiger partial charge on any atom is -0.335 e. The van der Waals surface area contributed by atoms with Crippen LogP contribution in [0.5, 0.6) is 0 Å². The third-order valence-corrected chi connectivity index (χ3v) is 4.85. The van der Waals surface area contributed by atoms with Gasteiger partial charge in [0.05, 0.1) is 23.8 Å². The molecule has 1 heterocycles. The maximum atomic E-state index is 14.0. The average Bonchev–Trinajstić information content (AvgIpc) is 3.08. The Hall–Kier alpha value is -3.38. The van der Waals surface area contributed by atoms with Gasteiger partial charge < -0.3 is 10.7 Å². The highest BCUT2D eigenvalue weighted by molar-refractivity contribution is 7.99. The summed E-state index contributed by atoms with van der Waals surface area (Å²) < 4.78 is 15.1. The summed E-state index contributed by atoms with van der Waals surface area (Å²) in [6.45, 7) is 0.287. The summed E-state index contributed by atoms with van der Waals surface area (Å²) >= 11 is 1.10. The van der Waals surface area contributed by atoms with Gasteiger partial charge in [0.25, 0.3) is 0 Å². The molecule has 0 aliphatic rings. The van der Waals surface area contributed by atoms with Crippen molar-refractivity contribution >= 4 is 23.4 Å². The van der Waals surface area contributed by atoms with Crippen LogP contribution in [-0.4, -0.2) is 33.1 Å². The van der Waals surface area contributed by atoms with Crippen molar-refractivity contribution in [3.63, 3.8) is 0 Å². The number of nitrogen functional groups attached to an aromatic ring is 1. The zero-order valence-electron chi connectivity index (χ0n) is 14.8. The highest BCUT2D eigenvalue weighted by atomic mass is 32.2. The molecule has 28 heavy (non-hydrogen) atoms. The summed E-state index contributed by atoms with van der Waals surface area (Å²) in [7, 11) is 0. The normalized spacial score (nSPS) is 10.4. The molecule has 0 unspecified atom stereocenters. The fraction of sp³-hybridized carbons (Fsp3) is 0.158. The molecule has 3 aromatic rings. The van der Waals surface area contributed by atoms with Gasteiger partial charge in [0.1, 0.15) is 5.82 Å². The SMILES string of the molecule is N#CCCN(C(=O)CSc1nnc(-c2ccccc2F)n1N)c1ccccc1. The molecule has 0 radical (unpaired) electrons. The van der Waals surface area contributed by atoms with Crippen molar-refractivity contribution in [3.05, 3.63) is 60.4 Å². The highest BCUT2D eigenvalue weighted by Crippen LogP contribution is 2.24. The predicted octanol–water partition coefficient (Wildman–Crippen LogP) is 2.84. The molecule has 0 saturated heterocycles. The Balaban J connectivity index is 1.73. The number of carbonyl (C=O) groups is 1. The summed E-state index contributed by atoms with van der Waals surface area (Å²) in [5.74, 6) is 5.57. The number of rotatable bonds is 7. The number of anilines is 1. The van der Waals surface area contributed by atoms with Gasteiger partial charge in [-0.05, 0) is 24.3 Å². The number of aromatic nitrogens is 3. The Labute approximate surface area is 165 Å². The fourth-order valence-electron chi connectivity index (χ4n) is 2.57. The summed E-state index contributed by atoms with van der Waals surface area (Å²) in [5, 5.41) is 17.0. The maximum absolute atomic E-state index is 14.0. The highest BCUT2D eigenvalue weighted by Gasteiger charge is 2.19. The molecule has 2 N–H and O–H groups in total. The van der Waals surface area contributed by atoms with Crippen LogP contribution in [0.25, 0.3) is 11.4 Å². The van der Waals surface area contributed by atoms with Crippen LogP contribution in [-0.2, 0) is 4.79 Å². The van der Waals surface area contributed by atoms with Crippen LogP contribution in [0.4, 0.5) is 10.1 Å². The Morgan fingerprint density at radius 2 is 1.89 bits per heavy atom. The molecule has 0 saturated carbocycles. The first-order chi connectivity index (χ1) is 13.6. The molecule has 0 fully saturated rings. The number of nitrogens with zero attached hydrogens (tertiary/aromatic N) is 5. The quantitative estimate of drug-likeness (QED) is 0.487. The zero-order chi connectivity index (χ0) is 19.9. The lowest BCUT2D eigenvalue weighted by Crippen LogP contribution is -2.33. The van der Waals surface area contributed by atoms with Gasteiger partial charge in [-0.25, -0.2) is 9.07 Å². The van der Waals surface area contributed by atoms with E-state index in [1.165, 1.54) is 10.7 Å². The first-order valence-electron chi connectivity index (χ1n) is 8.42. The Morgan fingerprint density at radius 3 is 2.61 bits per heavy atom. The lowest BCUT2D eigenvalue weighted by atomic mass is 10.2. The van der Waals surface area contributed by atoms with Gasteiger partial charge in [0, 0.05) is 12.2 Å². The molecule has 3 rings (SSSR count). The van der Waals surface area contributed by atoms with Gasteiger partial charge in [0.2, 0.25) is 11.1 Å². The van der Waals surface area contributed by atoms with Crippen LogP contribution in [0.3, 0.4) is 0 Å². The van der Waals surface area contributed by atoms with E-state index in [0.717, 1.165) is 11.8 Å². The molecule has 1 aromatic heterocycles. The number of nitrogens with two attached hydrogens (primary N) is 1. The number of carbonyl (C=O) groups excluding carboxylic acids is 1. The van der Waals surface area contributed by atoms with E-state index in [0.29, 0.717) is 10.8 Å². The summed E-state index contributed by atoms with van der Waals surface area (Å²) in [6, 6.07) is 17.3. The Kier molecular flexibility index (Phi) is 6.24. The van der Waals surface area contributed by atoms with Crippen molar-refractivity contribution in [2.45, 2.75) is 11.6 Å². The monoisotopic (exact) mass is 396 g/mol. The number of hydrogen-bond acceptors (Lipinski definition) is 6. The average molecular weight is 396 g/mol. The van der Waals surface area contributed by atoms with E-state index in [9.17, 15) is 9.18 Å². The van der Waals surface area contributed by atoms with Crippen molar-refractivity contribution in [2.24, 2.45) is 0 Å². The first-order valence-corrected chi connectivity index (χ1v) is 9.41. The van der Waals surface area contributed by atoms with E-state index in [4.69, 9.17) is 11.1 Å². The van der Waals surface area contributed by atoms with E-state index >= 15 is 0 Å². The van der Waals surface area contributed by atoms with Crippen molar-refractivity contribution in [1.29, 1.82) is 5.26 Å². The maximum Gasteiger partial charge on any atom is 0.237 e. The largest absolute Gasteiger partial charge is 0.335 e. The summed E-state index contributed by atoms with van der Waals surface area (Å²) in [4.78, 5) is 14.2. The van der Waals surface area contributed by atoms with Gasteiger partial charge in [-0.1, -0.05) is 42.1 Å². The van der Waals surface area contributed by atoms with Crippen LogP contribution in [0, 0.1) is 17.1 Å². The zero-order valence-corrected chi connectivity index (χ0v) is 15.6. The molecule has 9 heteroatoms. The van der Waals surface area contributed by atoms with E-state index in [1.54, 1.807) is 23.1 Å². The molecule has 0 atom stereocenters. The molecule has 0 bridgehead atoms. The second-order valence-corrected chi connectivity index (χ2v) is 6.68. The Bertz CT molecular complexity index is 1000. The van der Waals surface area contributed by atoms with Crippen molar-refractivity contribution < 1.29 is 9.18 Å². The fourth-order valence-corrected chi connectivity index (χ4v) is 3.31. The molecular formula is C19H17FN6OS. The minimum atomic E-state index is -0.457. The summed E-state index contributed by atoms with van der Waals surface area (Å²) in [6.07, 6.45) is 0.218. The van der Waals surface area contributed by atoms with Crippen LogP contribution >= 0.6 is 11.8 Å². The number of hydrogen-bond donors (Lipinski definition) is 1. The number of para-hydroxylation sites is 1. The number of benzene rings is 2. The number of amides is 1.